The second-order valence-corrected chi connectivity index (χ2v) is 5.45. The van der Waals surface area contributed by atoms with E-state index in [2.05, 4.69) is 18.9 Å². The Labute approximate surface area is 92.4 Å². The summed E-state index contributed by atoms with van der Waals surface area (Å²) in [5, 5.41) is 10.5. The Kier molecular flexibility index (Phi) is 3.33. The molecule has 2 atom stereocenters. The van der Waals surface area contributed by atoms with Gasteiger partial charge in [0, 0.05) is 25.8 Å². The topological polar surface area (TPSA) is 32.7 Å². The van der Waals surface area contributed by atoms with Crippen LogP contribution in [0.15, 0.2) is 0 Å². The fourth-order valence-corrected chi connectivity index (χ4v) is 3.03. The molecule has 1 N–H and O–H groups in total. The molecule has 2 rings (SSSR count). The molecule has 2 heterocycles. The summed E-state index contributed by atoms with van der Waals surface area (Å²) in [6.07, 6.45) is 4.15. The Bertz CT molecular complexity index is 204. The summed E-state index contributed by atoms with van der Waals surface area (Å²) in [4.78, 5) is 2.26. The molecule has 0 aromatic rings. The van der Waals surface area contributed by atoms with Crippen molar-refractivity contribution in [2.75, 3.05) is 26.8 Å². The number of rotatable bonds is 2. The van der Waals surface area contributed by atoms with Crippen molar-refractivity contribution in [3.63, 3.8) is 0 Å². The highest BCUT2D eigenvalue weighted by molar-refractivity contribution is 4.94. The molecule has 3 nitrogen and oxygen atoms in total. The van der Waals surface area contributed by atoms with E-state index in [4.69, 9.17) is 4.74 Å². The van der Waals surface area contributed by atoms with E-state index in [1.165, 1.54) is 0 Å². The summed E-state index contributed by atoms with van der Waals surface area (Å²) in [7, 11) is 2.10. The van der Waals surface area contributed by atoms with Crippen molar-refractivity contribution in [3.8, 4) is 0 Å². The smallest absolute Gasteiger partial charge is 0.0791 e. The van der Waals surface area contributed by atoms with Crippen LogP contribution in [0.1, 0.15) is 32.6 Å². The summed E-state index contributed by atoms with van der Waals surface area (Å²) in [5.74, 6) is 0.669. The Hall–Kier alpha value is -0.120. The van der Waals surface area contributed by atoms with Crippen LogP contribution in [0.4, 0.5) is 0 Å². The average molecular weight is 213 g/mol. The maximum absolute atomic E-state index is 10.5. The van der Waals surface area contributed by atoms with Gasteiger partial charge in [-0.1, -0.05) is 0 Å². The molecule has 2 saturated heterocycles. The van der Waals surface area contributed by atoms with E-state index >= 15 is 0 Å². The van der Waals surface area contributed by atoms with Gasteiger partial charge in [0.05, 0.1) is 5.60 Å². The van der Waals surface area contributed by atoms with Crippen LogP contribution in [0.5, 0.6) is 0 Å². The highest BCUT2D eigenvalue weighted by Crippen LogP contribution is 2.34. The van der Waals surface area contributed by atoms with Gasteiger partial charge in [0.2, 0.25) is 0 Å². The number of likely N-dealkylation sites (N-methyl/N-ethyl adjacent to an activating group) is 1. The molecule has 2 aliphatic rings. The minimum absolute atomic E-state index is 0.434. The van der Waals surface area contributed by atoms with Gasteiger partial charge in [-0.3, -0.25) is 0 Å². The van der Waals surface area contributed by atoms with Gasteiger partial charge in [0.25, 0.3) is 0 Å². The zero-order valence-electron chi connectivity index (χ0n) is 9.91. The number of aliphatic hydroxyl groups is 1. The Morgan fingerprint density at radius 2 is 2.07 bits per heavy atom. The second-order valence-electron chi connectivity index (χ2n) is 5.45. The molecule has 2 unspecified atom stereocenters. The molecule has 0 aromatic carbocycles. The van der Waals surface area contributed by atoms with Crippen molar-refractivity contribution in [1.82, 2.24) is 4.90 Å². The monoisotopic (exact) mass is 213 g/mol. The highest BCUT2D eigenvalue weighted by atomic mass is 16.5. The predicted molar refractivity (Wildman–Crippen MR) is 59.8 cm³/mol. The molecule has 88 valence electrons. The molecule has 3 heteroatoms. The molecule has 2 aliphatic heterocycles. The molecule has 0 spiro atoms. The Balaban J connectivity index is 1.87. The van der Waals surface area contributed by atoms with Crippen molar-refractivity contribution in [2.45, 2.75) is 44.2 Å². The average Bonchev–Trinajstić information content (AvgIpc) is 2.42. The fraction of sp³-hybridized carbons (Fsp3) is 1.00. The minimum atomic E-state index is -0.434. The largest absolute Gasteiger partial charge is 0.388 e. The van der Waals surface area contributed by atoms with Crippen molar-refractivity contribution in [3.05, 3.63) is 0 Å². The third-order valence-electron chi connectivity index (χ3n) is 3.98. The first kappa shape index (κ1) is 11.4. The zero-order chi connectivity index (χ0) is 10.9. The lowest BCUT2D eigenvalue weighted by Crippen LogP contribution is -2.35. The first-order valence-electron chi connectivity index (χ1n) is 6.09. The number of hydrogen-bond acceptors (Lipinski definition) is 3. The van der Waals surface area contributed by atoms with Crippen molar-refractivity contribution in [2.24, 2.45) is 5.92 Å². The number of ether oxygens (including phenoxy) is 1. The molecule has 0 radical (unpaired) electrons. The lowest BCUT2D eigenvalue weighted by atomic mass is 9.84. The molecular formula is C12H23NO2. The molecule has 0 bridgehead atoms. The second kappa shape index (κ2) is 4.40. The van der Waals surface area contributed by atoms with Crippen LogP contribution in [0, 0.1) is 5.92 Å². The van der Waals surface area contributed by atoms with E-state index < -0.39 is 5.60 Å². The lowest BCUT2D eigenvalue weighted by molar-refractivity contribution is -0.00422. The normalized spacial score (nSPS) is 39.8. The van der Waals surface area contributed by atoms with Gasteiger partial charge in [0.15, 0.2) is 0 Å². The van der Waals surface area contributed by atoms with Crippen LogP contribution in [-0.2, 0) is 4.74 Å². The first-order valence-corrected chi connectivity index (χ1v) is 6.09. The lowest BCUT2D eigenvalue weighted by Gasteiger charge is -2.30. The standard InChI is InChI=1S/C12H23NO2/c1-10-7-12(14,9-13(10)2)8-11-3-5-15-6-4-11/h10-11,14H,3-9H2,1-2H3. The molecule has 0 aromatic heterocycles. The van der Waals surface area contributed by atoms with E-state index in [1.807, 2.05) is 0 Å². The van der Waals surface area contributed by atoms with E-state index in [9.17, 15) is 5.11 Å². The maximum Gasteiger partial charge on any atom is 0.0791 e. The van der Waals surface area contributed by atoms with Crippen molar-refractivity contribution in [1.29, 1.82) is 0 Å². The van der Waals surface area contributed by atoms with E-state index in [1.54, 1.807) is 0 Å². The SMILES string of the molecule is CC1CC(O)(CC2CCOCC2)CN1C. The van der Waals surface area contributed by atoms with Crippen LogP contribution in [0.25, 0.3) is 0 Å². The molecule has 2 fully saturated rings. The fourth-order valence-electron chi connectivity index (χ4n) is 3.03. The van der Waals surface area contributed by atoms with E-state index in [0.717, 1.165) is 45.4 Å². The van der Waals surface area contributed by atoms with Crippen molar-refractivity contribution >= 4 is 0 Å². The molecule has 0 amide bonds. The van der Waals surface area contributed by atoms with Crippen LogP contribution < -0.4 is 0 Å². The number of likely N-dealkylation sites (tertiary alicyclic amines) is 1. The highest BCUT2D eigenvalue weighted by Gasteiger charge is 2.40. The minimum Gasteiger partial charge on any atom is -0.388 e. The van der Waals surface area contributed by atoms with Gasteiger partial charge in [-0.15, -0.1) is 0 Å². The van der Waals surface area contributed by atoms with Crippen LogP contribution in [0.3, 0.4) is 0 Å². The van der Waals surface area contributed by atoms with Gasteiger partial charge in [-0.05, 0) is 45.6 Å². The number of β-amino-alcohol motifs (C(OH)–C–C–N with tert-alkyl or cyclic N) is 1. The number of nitrogens with zero attached hydrogens (tertiary/aromatic N) is 1. The first-order chi connectivity index (χ1) is 7.09. The van der Waals surface area contributed by atoms with Crippen molar-refractivity contribution < 1.29 is 9.84 Å². The maximum atomic E-state index is 10.5. The van der Waals surface area contributed by atoms with E-state index in [0.29, 0.717) is 12.0 Å². The van der Waals surface area contributed by atoms with E-state index in [-0.39, 0.29) is 0 Å². The zero-order valence-corrected chi connectivity index (χ0v) is 9.91. The quantitative estimate of drug-likeness (QED) is 0.749. The van der Waals surface area contributed by atoms with Gasteiger partial charge in [-0.25, -0.2) is 0 Å². The molecule has 0 saturated carbocycles. The predicted octanol–water partition coefficient (Wildman–Crippen LogP) is 1.26. The van der Waals surface area contributed by atoms with Crippen LogP contribution >= 0.6 is 0 Å². The summed E-state index contributed by atoms with van der Waals surface area (Å²) in [6, 6.07) is 0.523. The van der Waals surface area contributed by atoms with Gasteiger partial charge < -0.3 is 14.7 Å². The molecule has 15 heavy (non-hydrogen) atoms. The third kappa shape index (κ3) is 2.71. The van der Waals surface area contributed by atoms with Gasteiger partial charge >= 0.3 is 0 Å². The Morgan fingerprint density at radius 1 is 1.40 bits per heavy atom. The molecule has 0 aliphatic carbocycles. The summed E-state index contributed by atoms with van der Waals surface area (Å²) < 4.78 is 5.35. The summed E-state index contributed by atoms with van der Waals surface area (Å²) >= 11 is 0. The Morgan fingerprint density at radius 3 is 2.60 bits per heavy atom. The van der Waals surface area contributed by atoms with Crippen LogP contribution in [-0.4, -0.2) is 48.5 Å². The summed E-state index contributed by atoms with van der Waals surface area (Å²) in [5.41, 5.74) is -0.434. The van der Waals surface area contributed by atoms with Crippen LogP contribution in [0.2, 0.25) is 0 Å². The third-order valence-corrected chi connectivity index (χ3v) is 3.98. The van der Waals surface area contributed by atoms with Gasteiger partial charge in [-0.2, -0.15) is 0 Å². The molecular weight excluding hydrogens is 190 g/mol. The number of hydrogen-bond donors (Lipinski definition) is 1. The van der Waals surface area contributed by atoms with Gasteiger partial charge in [0.1, 0.15) is 0 Å². The summed E-state index contributed by atoms with van der Waals surface area (Å²) in [6.45, 7) is 4.80.